The molecule has 0 unspecified atom stereocenters. The highest BCUT2D eigenvalue weighted by Crippen LogP contribution is 2.27. The summed E-state index contributed by atoms with van der Waals surface area (Å²) in [7, 11) is 1.64. The third kappa shape index (κ3) is 3.48. The number of aromatic nitrogens is 2. The van der Waals surface area contributed by atoms with Crippen molar-refractivity contribution in [3.8, 4) is 5.69 Å². The molecule has 0 fully saturated rings. The van der Waals surface area contributed by atoms with E-state index in [0.29, 0.717) is 18.8 Å². The normalized spacial score (nSPS) is 13.6. The van der Waals surface area contributed by atoms with Crippen LogP contribution in [0.15, 0.2) is 24.3 Å². The quantitative estimate of drug-likeness (QED) is 0.828. The molecule has 0 bridgehead atoms. The molecule has 1 aromatic heterocycles. The van der Waals surface area contributed by atoms with Crippen molar-refractivity contribution >= 4 is 5.91 Å². The van der Waals surface area contributed by atoms with Gasteiger partial charge in [0.05, 0.1) is 5.69 Å². The van der Waals surface area contributed by atoms with Crippen LogP contribution in [0.2, 0.25) is 0 Å². The van der Waals surface area contributed by atoms with Crippen molar-refractivity contribution in [1.29, 1.82) is 0 Å². The van der Waals surface area contributed by atoms with Crippen LogP contribution < -0.4 is 5.32 Å². The smallest absolute Gasteiger partial charge is 0.272 e. The Kier molecular flexibility index (Phi) is 5.25. The van der Waals surface area contributed by atoms with Crippen LogP contribution >= 0.6 is 0 Å². The van der Waals surface area contributed by atoms with E-state index < -0.39 is 0 Å². The van der Waals surface area contributed by atoms with Gasteiger partial charge in [0.1, 0.15) is 5.82 Å². The van der Waals surface area contributed by atoms with Crippen LogP contribution in [0.1, 0.15) is 41.0 Å². The molecule has 128 valence electrons. The molecule has 1 heterocycles. The number of nitrogens with zero attached hydrogens (tertiary/aromatic N) is 2. The predicted molar refractivity (Wildman–Crippen MR) is 89.0 cm³/mol. The number of carbonyl (C=O) groups is 1. The molecule has 1 aliphatic rings. The molecule has 6 heteroatoms. The number of hydrogen-bond acceptors (Lipinski definition) is 3. The summed E-state index contributed by atoms with van der Waals surface area (Å²) in [6.07, 6.45) is 4.65. The third-order valence-corrected chi connectivity index (χ3v) is 4.28. The van der Waals surface area contributed by atoms with Gasteiger partial charge in [-0.15, -0.1) is 0 Å². The first-order valence-electron chi connectivity index (χ1n) is 8.34. The minimum absolute atomic E-state index is 0.148. The summed E-state index contributed by atoms with van der Waals surface area (Å²) >= 11 is 0. The molecule has 0 aliphatic heterocycles. The number of hydrogen-bond donors (Lipinski definition) is 1. The van der Waals surface area contributed by atoms with Gasteiger partial charge in [-0.25, -0.2) is 9.07 Å². The molecule has 0 saturated carbocycles. The summed E-state index contributed by atoms with van der Waals surface area (Å²) in [5.41, 5.74) is 3.36. The maximum atomic E-state index is 13.2. The average molecular weight is 331 g/mol. The molecular weight excluding hydrogens is 309 g/mol. The number of amides is 1. The van der Waals surface area contributed by atoms with Gasteiger partial charge in [0.2, 0.25) is 0 Å². The van der Waals surface area contributed by atoms with E-state index in [1.54, 1.807) is 23.9 Å². The molecule has 5 nitrogen and oxygen atoms in total. The van der Waals surface area contributed by atoms with Crippen LogP contribution in [0.3, 0.4) is 0 Å². The van der Waals surface area contributed by atoms with E-state index in [1.807, 2.05) is 0 Å². The van der Waals surface area contributed by atoms with Crippen molar-refractivity contribution in [3.05, 3.63) is 47.0 Å². The van der Waals surface area contributed by atoms with Gasteiger partial charge in [0.25, 0.3) is 5.91 Å². The lowest BCUT2D eigenvalue weighted by Crippen LogP contribution is -2.26. The minimum Gasteiger partial charge on any atom is -0.385 e. The van der Waals surface area contributed by atoms with Crippen LogP contribution in [0.5, 0.6) is 0 Å². The molecule has 0 saturated heterocycles. The second-order valence-electron chi connectivity index (χ2n) is 5.97. The average Bonchev–Trinajstić information content (AvgIpc) is 2.99. The third-order valence-electron chi connectivity index (χ3n) is 4.28. The van der Waals surface area contributed by atoms with Crippen LogP contribution in [0.25, 0.3) is 5.69 Å². The fourth-order valence-electron chi connectivity index (χ4n) is 3.08. The van der Waals surface area contributed by atoms with Gasteiger partial charge < -0.3 is 10.1 Å². The first-order chi connectivity index (χ1) is 11.7. The van der Waals surface area contributed by atoms with Gasteiger partial charge in [0, 0.05) is 31.5 Å². The minimum atomic E-state index is -0.282. The molecule has 24 heavy (non-hydrogen) atoms. The SMILES string of the molecule is COCCCNC(=O)c1nn(-c2ccc(F)cc2)c2c1CCCC2. The molecule has 1 amide bonds. The number of fused-ring (bicyclic) bond motifs is 1. The molecule has 0 spiro atoms. The highest BCUT2D eigenvalue weighted by Gasteiger charge is 2.25. The molecule has 0 atom stereocenters. The molecular formula is C18H22FN3O2. The van der Waals surface area contributed by atoms with Crippen LogP contribution in [0, 0.1) is 5.82 Å². The van der Waals surface area contributed by atoms with E-state index in [9.17, 15) is 9.18 Å². The number of halogens is 1. The van der Waals surface area contributed by atoms with Crippen molar-refractivity contribution in [2.75, 3.05) is 20.3 Å². The van der Waals surface area contributed by atoms with E-state index in [4.69, 9.17) is 4.74 Å². The second-order valence-corrected chi connectivity index (χ2v) is 5.97. The molecule has 0 radical (unpaired) electrons. The largest absolute Gasteiger partial charge is 0.385 e. The second kappa shape index (κ2) is 7.57. The van der Waals surface area contributed by atoms with Gasteiger partial charge >= 0.3 is 0 Å². The monoisotopic (exact) mass is 331 g/mol. The standard InChI is InChI=1S/C18H22FN3O2/c1-24-12-4-11-20-18(23)17-15-5-2-3-6-16(15)22(21-17)14-9-7-13(19)8-10-14/h7-10H,2-6,11-12H2,1H3,(H,20,23). The topological polar surface area (TPSA) is 56.1 Å². The predicted octanol–water partition coefficient (Wildman–Crippen LogP) is 2.66. The van der Waals surface area contributed by atoms with Crippen LogP contribution in [0.4, 0.5) is 4.39 Å². The van der Waals surface area contributed by atoms with Crippen LogP contribution in [-0.2, 0) is 17.6 Å². The lowest BCUT2D eigenvalue weighted by molar-refractivity contribution is 0.0942. The van der Waals surface area contributed by atoms with Gasteiger partial charge in [-0.1, -0.05) is 0 Å². The Bertz CT molecular complexity index is 710. The Morgan fingerprint density at radius 3 is 2.79 bits per heavy atom. The van der Waals surface area contributed by atoms with Gasteiger partial charge in [-0.05, 0) is 56.4 Å². The highest BCUT2D eigenvalue weighted by atomic mass is 19.1. The van der Waals surface area contributed by atoms with Crippen molar-refractivity contribution < 1.29 is 13.9 Å². The molecule has 1 aliphatic carbocycles. The van der Waals surface area contributed by atoms with Crippen molar-refractivity contribution in [2.45, 2.75) is 32.1 Å². The lowest BCUT2D eigenvalue weighted by atomic mass is 9.95. The number of rotatable bonds is 6. The van der Waals surface area contributed by atoms with E-state index in [2.05, 4.69) is 10.4 Å². The number of methoxy groups -OCH3 is 1. The Morgan fingerprint density at radius 1 is 1.29 bits per heavy atom. The van der Waals surface area contributed by atoms with Gasteiger partial charge in [-0.3, -0.25) is 4.79 Å². The fourth-order valence-corrected chi connectivity index (χ4v) is 3.08. The first-order valence-corrected chi connectivity index (χ1v) is 8.34. The van der Waals surface area contributed by atoms with Gasteiger partial charge in [-0.2, -0.15) is 5.10 Å². The van der Waals surface area contributed by atoms with Gasteiger partial charge in [0.15, 0.2) is 5.69 Å². The highest BCUT2D eigenvalue weighted by molar-refractivity contribution is 5.94. The first kappa shape index (κ1) is 16.6. The Morgan fingerprint density at radius 2 is 2.04 bits per heavy atom. The molecule has 3 rings (SSSR count). The maximum Gasteiger partial charge on any atom is 0.272 e. The Balaban J connectivity index is 1.87. The summed E-state index contributed by atoms with van der Waals surface area (Å²) in [5.74, 6) is -0.430. The zero-order valence-corrected chi connectivity index (χ0v) is 13.8. The van der Waals surface area contributed by atoms with Crippen molar-refractivity contribution in [3.63, 3.8) is 0 Å². The lowest BCUT2D eigenvalue weighted by Gasteiger charge is -2.14. The zero-order valence-electron chi connectivity index (χ0n) is 13.8. The van der Waals surface area contributed by atoms with E-state index >= 15 is 0 Å². The molecule has 1 aromatic carbocycles. The van der Waals surface area contributed by atoms with Crippen molar-refractivity contribution in [1.82, 2.24) is 15.1 Å². The maximum absolute atomic E-state index is 13.2. The van der Waals surface area contributed by atoms with E-state index in [-0.39, 0.29) is 11.7 Å². The Hall–Kier alpha value is -2.21. The molecule has 2 aromatic rings. The summed E-state index contributed by atoms with van der Waals surface area (Å²) < 4.78 is 20.0. The van der Waals surface area contributed by atoms with E-state index in [1.165, 1.54) is 12.1 Å². The fraction of sp³-hybridized carbons (Fsp3) is 0.444. The van der Waals surface area contributed by atoms with E-state index in [0.717, 1.165) is 49.0 Å². The number of carbonyl (C=O) groups excluding carboxylic acids is 1. The Labute approximate surface area is 140 Å². The molecule has 1 N–H and O–H groups in total. The summed E-state index contributed by atoms with van der Waals surface area (Å²) in [6.45, 7) is 1.17. The summed E-state index contributed by atoms with van der Waals surface area (Å²) in [5, 5.41) is 7.44. The van der Waals surface area contributed by atoms with Crippen LogP contribution in [-0.4, -0.2) is 35.9 Å². The number of nitrogens with one attached hydrogen (secondary N) is 1. The number of benzene rings is 1. The zero-order chi connectivity index (χ0) is 16.9. The number of ether oxygens (including phenoxy) is 1. The summed E-state index contributed by atoms with van der Waals surface area (Å²) in [4.78, 5) is 12.5. The summed E-state index contributed by atoms with van der Waals surface area (Å²) in [6, 6.07) is 6.21. The van der Waals surface area contributed by atoms with Crippen molar-refractivity contribution in [2.24, 2.45) is 0 Å².